The number of carbonyl (C=O) groups excluding carboxylic acids is 1. The maximum atomic E-state index is 13.7. The van der Waals surface area contributed by atoms with E-state index in [1.54, 1.807) is 6.07 Å². The van der Waals surface area contributed by atoms with Crippen LogP contribution < -0.4 is 5.56 Å². The third-order valence-corrected chi connectivity index (χ3v) is 8.16. The van der Waals surface area contributed by atoms with Crippen LogP contribution in [0.2, 0.25) is 0 Å². The first-order valence-corrected chi connectivity index (χ1v) is 12.8. The highest BCUT2D eigenvalue weighted by molar-refractivity contribution is 7.89. The van der Waals surface area contributed by atoms with Gasteiger partial charge in [0.05, 0.1) is 10.4 Å². The minimum absolute atomic E-state index is 0.0679. The number of aryl methyl sites for hydroxylation is 3. The third kappa shape index (κ3) is 5.11. The number of nitrogens with one attached hydrogen (secondary N) is 1. The van der Waals surface area contributed by atoms with Crippen molar-refractivity contribution in [1.29, 1.82) is 0 Å². The summed E-state index contributed by atoms with van der Waals surface area (Å²) in [6.45, 7) is 7.33. The Hall–Kier alpha value is -3.55. The first-order valence-electron chi connectivity index (χ1n) is 11.3. The van der Waals surface area contributed by atoms with Crippen molar-refractivity contribution in [2.45, 2.75) is 45.7 Å². The number of nitrogens with zero attached hydrogens (tertiary/aromatic N) is 1. The minimum atomic E-state index is -3.97. The molecule has 1 N–H and O–H groups in total. The Kier molecular flexibility index (Phi) is 6.74. The zero-order valence-corrected chi connectivity index (χ0v) is 21.1. The first kappa shape index (κ1) is 24.6. The van der Waals surface area contributed by atoms with Crippen LogP contribution in [-0.4, -0.2) is 23.5 Å². The molecule has 4 aromatic rings. The number of hydrogen-bond acceptors (Lipinski definition) is 4. The van der Waals surface area contributed by atoms with Gasteiger partial charge in [-0.15, -0.1) is 0 Å². The molecule has 0 unspecified atom stereocenters. The van der Waals surface area contributed by atoms with Crippen molar-refractivity contribution in [3.63, 3.8) is 0 Å². The van der Waals surface area contributed by atoms with Crippen molar-refractivity contribution in [2.24, 2.45) is 0 Å². The summed E-state index contributed by atoms with van der Waals surface area (Å²) in [6, 6.07) is 19.2. The minimum Gasteiger partial charge on any atom is -0.321 e. The van der Waals surface area contributed by atoms with Crippen molar-refractivity contribution >= 4 is 26.7 Å². The van der Waals surface area contributed by atoms with Gasteiger partial charge in [-0.25, -0.2) is 8.42 Å². The van der Waals surface area contributed by atoms with Gasteiger partial charge in [0, 0.05) is 24.2 Å². The van der Waals surface area contributed by atoms with Crippen LogP contribution in [0, 0.1) is 20.8 Å². The number of carbonyl (C=O) groups is 1. The van der Waals surface area contributed by atoms with Crippen LogP contribution in [0.3, 0.4) is 0 Å². The summed E-state index contributed by atoms with van der Waals surface area (Å²) >= 11 is 0. The molecule has 0 amide bonds. The molecular weight excluding hydrogens is 460 g/mol. The second kappa shape index (κ2) is 9.60. The van der Waals surface area contributed by atoms with Crippen LogP contribution in [0.15, 0.2) is 76.4 Å². The number of ketones is 1. The fourth-order valence-electron chi connectivity index (χ4n) is 4.01. The standard InChI is InChI=1S/C28H28N2O4S/c1-18-5-8-22(9-6-18)16-30(35(33,34)26-13-11-23(12-14-26)21(4)31)17-25-15-24-10-7-19(2)20(3)27(24)29-28(25)32/h5-15H,16-17H2,1-4H3,(H,29,32). The SMILES string of the molecule is CC(=O)c1ccc(S(=O)(=O)N(Cc2ccc(C)cc2)Cc2cc3ccc(C)c(C)c3[nH]c2=O)cc1. The van der Waals surface area contributed by atoms with Crippen molar-refractivity contribution in [2.75, 3.05) is 0 Å². The molecule has 0 radical (unpaired) electrons. The van der Waals surface area contributed by atoms with Gasteiger partial charge in [0.25, 0.3) is 5.56 Å². The molecule has 0 saturated carbocycles. The number of hydrogen-bond donors (Lipinski definition) is 1. The fraction of sp³-hybridized carbons (Fsp3) is 0.214. The lowest BCUT2D eigenvalue weighted by molar-refractivity contribution is 0.101. The van der Waals surface area contributed by atoms with E-state index in [9.17, 15) is 18.0 Å². The molecule has 7 heteroatoms. The number of benzene rings is 3. The molecule has 180 valence electrons. The summed E-state index contributed by atoms with van der Waals surface area (Å²) < 4.78 is 28.7. The van der Waals surface area contributed by atoms with E-state index in [0.29, 0.717) is 11.1 Å². The summed E-state index contributed by atoms with van der Waals surface area (Å²) in [5.74, 6) is -0.140. The normalized spacial score (nSPS) is 11.8. The predicted molar refractivity (Wildman–Crippen MR) is 138 cm³/mol. The van der Waals surface area contributed by atoms with Gasteiger partial charge in [-0.1, -0.05) is 54.1 Å². The quantitative estimate of drug-likeness (QED) is 0.369. The van der Waals surface area contributed by atoms with Crippen LogP contribution in [0.1, 0.15) is 45.1 Å². The number of H-pyrrole nitrogens is 1. The summed E-state index contributed by atoms with van der Waals surface area (Å²) in [4.78, 5) is 27.6. The van der Waals surface area contributed by atoms with Crippen LogP contribution >= 0.6 is 0 Å². The topological polar surface area (TPSA) is 87.3 Å². The van der Waals surface area contributed by atoms with Crippen molar-refractivity contribution in [1.82, 2.24) is 9.29 Å². The summed E-state index contributed by atoms with van der Waals surface area (Å²) in [5, 5.41) is 0.848. The monoisotopic (exact) mass is 488 g/mol. The number of aromatic nitrogens is 1. The molecule has 4 rings (SSSR count). The lowest BCUT2D eigenvalue weighted by Crippen LogP contribution is -2.32. The molecule has 0 bridgehead atoms. The number of pyridine rings is 1. The Balaban J connectivity index is 1.78. The first-order chi connectivity index (χ1) is 16.6. The largest absolute Gasteiger partial charge is 0.321 e. The van der Waals surface area contributed by atoms with Gasteiger partial charge in [0.15, 0.2) is 5.78 Å². The molecule has 0 atom stereocenters. The van der Waals surface area contributed by atoms with Gasteiger partial charge in [0.2, 0.25) is 10.0 Å². The Morgan fingerprint density at radius 2 is 1.54 bits per heavy atom. The molecule has 0 aliphatic carbocycles. The van der Waals surface area contributed by atoms with Crippen LogP contribution in [0.5, 0.6) is 0 Å². The van der Waals surface area contributed by atoms with E-state index in [1.165, 1.54) is 35.5 Å². The molecule has 0 aliphatic rings. The van der Waals surface area contributed by atoms with Gasteiger partial charge >= 0.3 is 0 Å². The molecule has 0 fully saturated rings. The maximum absolute atomic E-state index is 13.7. The number of fused-ring (bicyclic) bond motifs is 1. The summed E-state index contributed by atoms with van der Waals surface area (Å²) in [6.07, 6.45) is 0. The van der Waals surface area contributed by atoms with Crippen molar-refractivity contribution in [3.05, 3.63) is 110 Å². The maximum Gasteiger partial charge on any atom is 0.252 e. The van der Waals surface area contributed by atoms with E-state index in [1.807, 2.05) is 57.2 Å². The second-order valence-electron chi connectivity index (χ2n) is 8.93. The number of Topliss-reactive ketones (excluding diaryl/α,β-unsaturated/α-hetero) is 1. The van der Waals surface area contributed by atoms with E-state index in [0.717, 1.165) is 33.2 Å². The number of aromatic amines is 1. The van der Waals surface area contributed by atoms with E-state index in [-0.39, 0.29) is 29.3 Å². The zero-order valence-electron chi connectivity index (χ0n) is 20.3. The predicted octanol–water partition coefficient (Wildman–Crippen LogP) is 5.05. The lowest BCUT2D eigenvalue weighted by Gasteiger charge is -2.23. The fourth-order valence-corrected chi connectivity index (χ4v) is 5.42. The highest BCUT2D eigenvalue weighted by atomic mass is 32.2. The summed E-state index contributed by atoms with van der Waals surface area (Å²) in [5.41, 5.74) is 5.17. The molecule has 6 nitrogen and oxygen atoms in total. The van der Waals surface area contributed by atoms with Gasteiger partial charge in [-0.3, -0.25) is 9.59 Å². The molecule has 1 heterocycles. The van der Waals surface area contributed by atoms with E-state index < -0.39 is 10.0 Å². The summed E-state index contributed by atoms with van der Waals surface area (Å²) in [7, 11) is -3.97. The molecule has 35 heavy (non-hydrogen) atoms. The molecular formula is C28H28N2O4S. The van der Waals surface area contributed by atoms with Gasteiger partial charge in [-0.2, -0.15) is 4.31 Å². The molecule has 1 aromatic heterocycles. The van der Waals surface area contributed by atoms with E-state index in [2.05, 4.69) is 4.98 Å². The molecule has 0 spiro atoms. The Labute approximate surface area is 205 Å². The Morgan fingerprint density at radius 3 is 2.17 bits per heavy atom. The number of sulfonamides is 1. The second-order valence-corrected chi connectivity index (χ2v) is 10.9. The Bertz CT molecular complexity index is 1570. The molecule has 0 aliphatic heterocycles. The highest BCUT2D eigenvalue weighted by Crippen LogP contribution is 2.24. The van der Waals surface area contributed by atoms with E-state index >= 15 is 0 Å². The van der Waals surface area contributed by atoms with Crippen LogP contribution in [-0.2, 0) is 23.1 Å². The van der Waals surface area contributed by atoms with Gasteiger partial charge < -0.3 is 4.98 Å². The third-order valence-electron chi connectivity index (χ3n) is 6.35. The van der Waals surface area contributed by atoms with E-state index in [4.69, 9.17) is 0 Å². The van der Waals surface area contributed by atoms with Crippen molar-refractivity contribution < 1.29 is 13.2 Å². The van der Waals surface area contributed by atoms with Gasteiger partial charge in [-0.05, 0) is 68.0 Å². The van der Waals surface area contributed by atoms with Crippen LogP contribution in [0.25, 0.3) is 10.9 Å². The number of rotatable bonds is 7. The smallest absolute Gasteiger partial charge is 0.252 e. The molecule has 3 aromatic carbocycles. The highest BCUT2D eigenvalue weighted by Gasteiger charge is 2.26. The Morgan fingerprint density at radius 1 is 0.886 bits per heavy atom. The zero-order chi connectivity index (χ0) is 25.3. The lowest BCUT2D eigenvalue weighted by atomic mass is 10.0. The average Bonchev–Trinajstić information content (AvgIpc) is 2.83. The molecule has 0 saturated heterocycles. The van der Waals surface area contributed by atoms with Crippen LogP contribution in [0.4, 0.5) is 0 Å². The average molecular weight is 489 g/mol. The van der Waals surface area contributed by atoms with Crippen molar-refractivity contribution in [3.8, 4) is 0 Å². The van der Waals surface area contributed by atoms with Gasteiger partial charge in [0.1, 0.15) is 0 Å².